The fourth-order valence-electron chi connectivity index (χ4n) is 1.66. The monoisotopic (exact) mass is 262 g/mol. The van der Waals surface area contributed by atoms with E-state index in [-0.39, 0.29) is 11.9 Å². The van der Waals surface area contributed by atoms with Crippen molar-refractivity contribution in [2.45, 2.75) is 46.0 Å². The van der Waals surface area contributed by atoms with Gasteiger partial charge in [0, 0.05) is 12.3 Å². The third kappa shape index (κ3) is 2.86. The molecule has 0 spiro atoms. The lowest BCUT2D eigenvalue weighted by Crippen LogP contribution is -2.23. The minimum Gasteiger partial charge on any atom is -0.243 e. The van der Waals surface area contributed by atoms with Crippen LogP contribution in [0, 0.1) is 0 Å². The molecule has 0 aliphatic rings. The maximum Gasteiger partial charge on any atom is 0.372 e. The van der Waals surface area contributed by atoms with Gasteiger partial charge in [0.1, 0.15) is 18.5 Å². The molecular weight excluding hydrogens is 244 g/mol. The summed E-state index contributed by atoms with van der Waals surface area (Å²) in [5.41, 5.74) is 0. The summed E-state index contributed by atoms with van der Waals surface area (Å²) in [5.74, 6) is 1.55. The molecule has 0 N–H and O–H groups in total. The quantitative estimate of drug-likeness (QED) is 0.840. The average molecular weight is 262 g/mol. The van der Waals surface area contributed by atoms with E-state index in [4.69, 9.17) is 0 Å². The summed E-state index contributed by atoms with van der Waals surface area (Å²) >= 11 is 0. The minimum absolute atomic E-state index is 0.185. The van der Waals surface area contributed by atoms with E-state index >= 15 is 0 Å². The number of hydrogen-bond donors (Lipinski definition) is 0. The van der Waals surface area contributed by atoms with Crippen LogP contribution in [-0.4, -0.2) is 35.6 Å². The number of nitrogens with zero attached hydrogens (tertiary/aromatic N) is 6. The topological polar surface area (TPSA) is 78.5 Å². The van der Waals surface area contributed by atoms with Gasteiger partial charge in [-0.1, -0.05) is 27.2 Å². The van der Waals surface area contributed by atoms with Gasteiger partial charge in [0.2, 0.25) is 0 Å². The maximum atomic E-state index is 12.2. The normalized spacial score (nSPS) is 11.2. The summed E-state index contributed by atoms with van der Waals surface area (Å²) < 4.78 is 2.49. The number of hydrogen-bond acceptors (Lipinski definition) is 5. The van der Waals surface area contributed by atoms with Crippen LogP contribution in [0.15, 0.2) is 12.7 Å². The maximum absolute atomic E-state index is 12.2. The third-order valence-electron chi connectivity index (χ3n) is 2.76. The van der Waals surface area contributed by atoms with Crippen LogP contribution in [0.2, 0.25) is 0 Å². The van der Waals surface area contributed by atoms with Crippen molar-refractivity contribution in [3.8, 4) is 0 Å². The van der Waals surface area contributed by atoms with Crippen molar-refractivity contribution in [1.82, 2.24) is 29.5 Å². The number of rotatable bonds is 4. The average Bonchev–Trinajstić information content (AvgIpc) is 3.04. The molecule has 0 fully saturated rings. The summed E-state index contributed by atoms with van der Waals surface area (Å²) in [7, 11) is 0. The molecule has 0 aliphatic carbocycles. The Hall–Kier alpha value is -2.05. The van der Waals surface area contributed by atoms with Crippen LogP contribution in [0.1, 0.15) is 51.2 Å². The molecule has 2 heterocycles. The Labute approximate surface area is 111 Å². The minimum atomic E-state index is -0.344. The van der Waals surface area contributed by atoms with Gasteiger partial charge in [-0.25, -0.2) is 14.8 Å². The molecule has 7 heteroatoms. The van der Waals surface area contributed by atoms with E-state index in [1.807, 2.05) is 13.8 Å². The van der Waals surface area contributed by atoms with Gasteiger partial charge < -0.3 is 0 Å². The van der Waals surface area contributed by atoms with Crippen molar-refractivity contribution in [2.24, 2.45) is 0 Å². The first-order chi connectivity index (χ1) is 9.13. The number of unbranched alkanes of at least 4 members (excludes halogenated alkanes) is 1. The predicted molar refractivity (Wildman–Crippen MR) is 68.9 cm³/mol. The first-order valence-electron chi connectivity index (χ1n) is 6.48. The highest BCUT2D eigenvalue weighted by atomic mass is 16.2. The number of carbonyl (C=O) groups excluding carboxylic acids is 1. The Balaban J connectivity index is 2.34. The Morgan fingerprint density at radius 3 is 2.79 bits per heavy atom. The van der Waals surface area contributed by atoms with Gasteiger partial charge in [-0.3, -0.25) is 0 Å². The van der Waals surface area contributed by atoms with Crippen molar-refractivity contribution in [1.29, 1.82) is 0 Å². The molecule has 0 amide bonds. The SMILES string of the molecule is CCCCc1nc(C(C)C)nn1C(=O)n1cncn1. The van der Waals surface area contributed by atoms with Crippen molar-refractivity contribution in [3.05, 3.63) is 24.3 Å². The second-order valence-corrected chi connectivity index (χ2v) is 4.68. The summed E-state index contributed by atoms with van der Waals surface area (Å²) in [6, 6.07) is -0.344. The number of aromatic nitrogens is 6. The van der Waals surface area contributed by atoms with Gasteiger partial charge >= 0.3 is 6.03 Å². The van der Waals surface area contributed by atoms with Crippen molar-refractivity contribution < 1.29 is 4.79 Å². The second kappa shape index (κ2) is 5.73. The van der Waals surface area contributed by atoms with E-state index < -0.39 is 0 Å². The summed E-state index contributed by atoms with van der Waals surface area (Å²) in [5, 5.41) is 8.12. The molecule has 0 atom stereocenters. The largest absolute Gasteiger partial charge is 0.372 e. The summed E-state index contributed by atoms with van der Waals surface area (Å²) in [6.45, 7) is 6.11. The van der Waals surface area contributed by atoms with Gasteiger partial charge in [0.25, 0.3) is 0 Å². The molecular formula is C12H18N6O. The second-order valence-electron chi connectivity index (χ2n) is 4.68. The van der Waals surface area contributed by atoms with Crippen molar-refractivity contribution in [2.75, 3.05) is 0 Å². The van der Waals surface area contributed by atoms with Gasteiger partial charge in [-0.05, 0) is 6.42 Å². The zero-order valence-corrected chi connectivity index (χ0v) is 11.4. The van der Waals surface area contributed by atoms with Crippen LogP contribution in [0.25, 0.3) is 0 Å². The number of carbonyl (C=O) groups is 1. The van der Waals surface area contributed by atoms with Crippen LogP contribution >= 0.6 is 0 Å². The Kier molecular flexibility index (Phi) is 4.03. The zero-order chi connectivity index (χ0) is 13.8. The van der Waals surface area contributed by atoms with Gasteiger partial charge in [0.15, 0.2) is 5.82 Å². The van der Waals surface area contributed by atoms with Gasteiger partial charge in [-0.15, -0.1) is 5.10 Å². The Morgan fingerprint density at radius 2 is 2.21 bits per heavy atom. The van der Waals surface area contributed by atoms with E-state index in [0.29, 0.717) is 11.6 Å². The highest BCUT2D eigenvalue weighted by Crippen LogP contribution is 2.12. The first kappa shape index (κ1) is 13.4. The Morgan fingerprint density at radius 1 is 1.42 bits per heavy atom. The lowest BCUT2D eigenvalue weighted by atomic mass is 10.2. The number of aryl methyl sites for hydroxylation is 1. The van der Waals surface area contributed by atoms with Gasteiger partial charge in [-0.2, -0.15) is 14.5 Å². The fourth-order valence-corrected chi connectivity index (χ4v) is 1.66. The summed E-state index contributed by atoms with van der Waals surface area (Å²) in [6.07, 6.45) is 5.44. The van der Waals surface area contributed by atoms with E-state index in [1.165, 1.54) is 17.3 Å². The zero-order valence-electron chi connectivity index (χ0n) is 11.4. The molecule has 0 bridgehead atoms. The van der Waals surface area contributed by atoms with E-state index in [0.717, 1.165) is 23.9 Å². The molecule has 2 aromatic heterocycles. The molecule has 0 saturated carbocycles. The van der Waals surface area contributed by atoms with Crippen molar-refractivity contribution in [3.63, 3.8) is 0 Å². The lowest BCUT2D eigenvalue weighted by Gasteiger charge is -2.02. The summed E-state index contributed by atoms with van der Waals surface area (Å²) in [4.78, 5) is 20.5. The van der Waals surface area contributed by atoms with Crippen LogP contribution in [0.3, 0.4) is 0 Å². The molecule has 0 aliphatic heterocycles. The van der Waals surface area contributed by atoms with E-state index in [1.54, 1.807) is 0 Å². The highest BCUT2D eigenvalue weighted by Gasteiger charge is 2.19. The predicted octanol–water partition coefficient (Wildman–Crippen LogP) is 1.85. The van der Waals surface area contributed by atoms with Crippen LogP contribution in [0.4, 0.5) is 4.79 Å². The molecule has 0 aromatic carbocycles. The molecule has 2 aromatic rings. The fraction of sp³-hybridized carbons (Fsp3) is 0.583. The molecule has 19 heavy (non-hydrogen) atoms. The van der Waals surface area contributed by atoms with Gasteiger partial charge in [0.05, 0.1) is 0 Å². The molecule has 0 unspecified atom stereocenters. The van der Waals surface area contributed by atoms with Crippen LogP contribution in [0.5, 0.6) is 0 Å². The Bertz CT molecular complexity index is 543. The van der Waals surface area contributed by atoms with Crippen LogP contribution in [-0.2, 0) is 6.42 Å². The smallest absolute Gasteiger partial charge is 0.243 e. The lowest BCUT2D eigenvalue weighted by molar-refractivity contribution is 0.237. The molecule has 102 valence electrons. The molecule has 7 nitrogen and oxygen atoms in total. The third-order valence-corrected chi connectivity index (χ3v) is 2.76. The molecule has 0 saturated heterocycles. The van der Waals surface area contributed by atoms with Crippen molar-refractivity contribution >= 4 is 6.03 Å². The van der Waals surface area contributed by atoms with E-state index in [2.05, 4.69) is 27.1 Å². The van der Waals surface area contributed by atoms with Crippen LogP contribution < -0.4 is 0 Å². The standard InChI is InChI=1S/C12H18N6O/c1-4-5-6-10-15-11(9(2)3)16-18(10)12(19)17-8-13-7-14-17/h7-9H,4-6H2,1-3H3. The highest BCUT2D eigenvalue weighted by molar-refractivity contribution is 5.77. The first-order valence-corrected chi connectivity index (χ1v) is 6.48. The molecule has 2 rings (SSSR count). The molecule has 0 radical (unpaired) electrons. The van der Waals surface area contributed by atoms with E-state index in [9.17, 15) is 4.79 Å².